The lowest BCUT2D eigenvalue weighted by atomic mass is 10.2. The Morgan fingerprint density at radius 3 is 2.73 bits per heavy atom. The van der Waals surface area contributed by atoms with Crippen molar-refractivity contribution < 1.29 is 14.8 Å². The molecule has 82 valence electrons. The van der Waals surface area contributed by atoms with E-state index in [1.807, 2.05) is 0 Å². The van der Waals surface area contributed by atoms with E-state index in [-0.39, 0.29) is 5.82 Å². The normalized spacial score (nSPS) is 12.4. The quantitative estimate of drug-likeness (QED) is 0.597. The lowest BCUT2D eigenvalue weighted by Gasteiger charge is -2.07. The highest BCUT2D eigenvalue weighted by molar-refractivity contribution is 5.71. The van der Waals surface area contributed by atoms with Crippen LogP contribution in [0.5, 0.6) is 0 Å². The Bertz CT molecular complexity index is 399. The summed E-state index contributed by atoms with van der Waals surface area (Å²) in [7, 11) is 0. The van der Waals surface area contributed by atoms with Gasteiger partial charge in [-0.05, 0) is 18.3 Å². The average Bonchev–Trinajstić information content (AvgIpc) is 2.49. The fourth-order valence-electron chi connectivity index (χ4n) is 1.33. The van der Waals surface area contributed by atoms with Crippen molar-refractivity contribution in [2.24, 2.45) is 0 Å². The summed E-state index contributed by atoms with van der Waals surface area (Å²) in [5, 5.41) is 22.9. The van der Waals surface area contributed by atoms with Crippen LogP contribution in [-0.4, -0.2) is 25.8 Å². The second-order valence-electron chi connectivity index (χ2n) is 3.11. The van der Waals surface area contributed by atoms with Gasteiger partial charge in [-0.1, -0.05) is 6.92 Å². The highest BCUT2D eigenvalue weighted by atomic mass is 16.6. The number of nitro groups is 1. The molecule has 1 N–H and O–H groups in total. The Balaban J connectivity index is 3.13. The van der Waals surface area contributed by atoms with Gasteiger partial charge in [-0.25, -0.2) is 4.79 Å². The SMILES string of the molecule is CCC(C(=O)O)n1nc([N+](=O)[O-])cc1C. The van der Waals surface area contributed by atoms with Gasteiger partial charge in [-0.3, -0.25) is 0 Å². The number of carbonyl (C=O) groups is 1. The van der Waals surface area contributed by atoms with Gasteiger partial charge in [-0.2, -0.15) is 4.68 Å². The number of aliphatic carboxylic acids is 1. The molecule has 15 heavy (non-hydrogen) atoms. The molecule has 0 spiro atoms. The standard InChI is InChI=1S/C8H11N3O4/c1-3-6(8(12)13)10-5(2)4-7(9-10)11(14)15/h4,6H,3H2,1-2H3,(H,12,13). The molecule has 0 aromatic carbocycles. The fraction of sp³-hybridized carbons (Fsp3) is 0.500. The zero-order valence-electron chi connectivity index (χ0n) is 8.38. The first kappa shape index (κ1) is 11.2. The third kappa shape index (κ3) is 2.12. The molecule has 1 heterocycles. The minimum absolute atomic E-state index is 0.327. The van der Waals surface area contributed by atoms with Gasteiger partial charge in [0.2, 0.25) is 0 Å². The molecule has 1 aromatic rings. The summed E-state index contributed by atoms with van der Waals surface area (Å²) in [6.45, 7) is 3.28. The molecular formula is C8H11N3O4. The molecule has 0 saturated heterocycles. The summed E-state index contributed by atoms with van der Waals surface area (Å²) in [6, 6.07) is 0.407. The summed E-state index contributed by atoms with van der Waals surface area (Å²) < 4.78 is 1.17. The smallest absolute Gasteiger partial charge is 0.390 e. The minimum Gasteiger partial charge on any atom is -0.480 e. The molecule has 1 unspecified atom stereocenters. The zero-order valence-corrected chi connectivity index (χ0v) is 8.38. The van der Waals surface area contributed by atoms with Gasteiger partial charge in [0.1, 0.15) is 0 Å². The van der Waals surface area contributed by atoms with Crippen LogP contribution in [-0.2, 0) is 4.79 Å². The number of aryl methyl sites for hydroxylation is 1. The number of hydrogen-bond acceptors (Lipinski definition) is 4. The van der Waals surface area contributed by atoms with Gasteiger partial charge in [0.15, 0.2) is 6.04 Å². The fourth-order valence-corrected chi connectivity index (χ4v) is 1.33. The molecule has 1 rings (SSSR count). The van der Waals surface area contributed by atoms with Crippen molar-refractivity contribution in [3.05, 3.63) is 21.9 Å². The third-order valence-electron chi connectivity index (χ3n) is 2.06. The first-order chi connectivity index (χ1) is 6.97. The highest BCUT2D eigenvalue weighted by Crippen LogP contribution is 2.18. The lowest BCUT2D eigenvalue weighted by molar-refractivity contribution is -0.389. The van der Waals surface area contributed by atoms with E-state index in [9.17, 15) is 14.9 Å². The van der Waals surface area contributed by atoms with Crippen molar-refractivity contribution in [3.63, 3.8) is 0 Å². The number of nitrogens with zero attached hydrogens (tertiary/aromatic N) is 3. The average molecular weight is 213 g/mol. The van der Waals surface area contributed by atoms with E-state index in [0.717, 1.165) is 0 Å². The Morgan fingerprint density at radius 1 is 1.80 bits per heavy atom. The maximum atomic E-state index is 10.8. The molecule has 0 radical (unpaired) electrons. The van der Waals surface area contributed by atoms with E-state index in [4.69, 9.17) is 5.11 Å². The van der Waals surface area contributed by atoms with Crippen molar-refractivity contribution in [2.75, 3.05) is 0 Å². The van der Waals surface area contributed by atoms with Crippen LogP contribution < -0.4 is 0 Å². The number of carboxylic acid groups (broad SMARTS) is 1. The van der Waals surface area contributed by atoms with Crippen molar-refractivity contribution in [1.29, 1.82) is 0 Å². The molecule has 0 fully saturated rings. The maximum absolute atomic E-state index is 10.8. The number of rotatable bonds is 4. The summed E-state index contributed by atoms with van der Waals surface area (Å²) >= 11 is 0. The zero-order chi connectivity index (χ0) is 11.6. The Labute approximate surface area is 85.5 Å². The molecule has 0 aliphatic rings. The largest absolute Gasteiger partial charge is 0.480 e. The van der Waals surface area contributed by atoms with Crippen LogP contribution in [0.15, 0.2) is 6.07 Å². The lowest BCUT2D eigenvalue weighted by Crippen LogP contribution is -2.20. The third-order valence-corrected chi connectivity index (χ3v) is 2.06. The maximum Gasteiger partial charge on any atom is 0.390 e. The molecule has 0 aliphatic carbocycles. The second kappa shape index (κ2) is 4.07. The topological polar surface area (TPSA) is 98.3 Å². The molecule has 1 aromatic heterocycles. The predicted molar refractivity (Wildman–Crippen MR) is 50.6 cm³/mol. The second-order valence-corrected chi connectivity index (χ2v) is 3.11. The van der Waals surface area contributed by atoms with Crippen LogP contribution in [0.3, 0.4) is 0 Å². The van der Waals surface area contributed by atoms with Crippen LogP contribution in [0.25, 0.3) is 0 Å². The molecular weight excluding hydrogens is 202 g/mol. The van der Waals surface area contributed by atoms with E-state index in [2.05, 4.69) is 5.10 Å². The predicted octanol–water partition coefficient (Wildman–Crippen LogP) is 1.14. The highest BCUT2D eigenvalue weighted by Gasteiger charge is 2.26. The summed E-state index contributed by atoms with van der Waals surface area (Å²) in [5.41, 5.74) is 0.468. The first-order valence-corrected chi connectivity index (χ1v) is 4.40. The Morgan fingerprint density at radius 2 is 2.40 bits per heavy atom. The van der Waals surface area contributed by atoms with E-state index in [0.29, 0.717) is 12.1 Å². The van der Waals surface area contributed by atoms with Crippen molar-refractivity contribution in [2.45, 2.75) is 26.3 Å². The minimum atomic E-state index is -1.04. The molecule has 7 nitrogen and oxygen atoms in total. The van der Waals surface area contributed by atoms with E-state index >= 15 is 0 Å². The monoisotopic (exact) mass is 213 g/mol. The number of aromatic nitrogens is 2. The van der Waals surface area contributed by atoms with Crippen LogP contribution in [0.4, 0.5) is 5.82 Å². The summed E-state index contributed by atoms with van der Waals surface area (Å²) in [6.07, 6.45) is 0.328. The van der Waals surface area contributed by atoms with Gasteiger partial charge < -0.3 is 15.2 Å². The molecule has 0 saturated carbocycles. The molecule has 1 atom stereocenters. The van der Waals surface area contributed by atoms with E-state index in [1.165, 1.54) is 10.7 Å². The van der Waals surface area contributed by atoms with Crippen LogP contribution >= 0.6 is 0 Å². The molecule has 0 amide bonds. The molecule has 7 heteroatoms. The van der Waals surface area contributed by atoms with Crippen molar-refractivity contribution in [3.8, 4) is 0 Å². The number of carboxylic acids is 1. The number of hydrogen-bond donors (Lipinski definition) is 1. The van der Waals surface area contributed by atoms with Crippen LogP contribution in [0, 0.1) is 17.0 Å². The Kier molecular flexibility index (Phi) is 3.03. The molecule has 0 bridgehead atoms. The van der Waals surface area contributed by atoms with Crippen LogP contribution in [0.1, 0.15) is 25.1 Å². The van der Waals surface area contributed by atoms with Crippen molar-refractivity contribution >= 4 is 11.8 Å². The van der Waals surface area contributed by atoms with E-state index in [1.54, 1.807) is 13.8 Å². The van der Waals surface area contributed by atoms with Gasteiger partial charge in [-0.15, -0.1) is 0 Å². The van der Waals surface area contributed by atoms with Gasteiger partial charge in [0, 0.05) is 0 Å². The Hall–Kier alpha value is -1.92. The molecule has 0 aliphatic heterocycles. The van der Waals surface area contributed by atoms with Crippen molar-refractivity contribution in [1.82, 2.24) is 9.78 Å². The van der Waals surface area contributed by atoms with Gasteiger partial charge in [0.25, 0.3) is 0 Å². The van der Waals surface area contributed by atoms with Gasteiger partial charge >= 0.3 is 11.8 Å². The first-order valence-electron chi connectivity index (χ1n) is 4.40. The van der Waals surface area contributed by atoms with Gasteiger partial charge in [0.05, 0.1) is 16.9 Å². The summed E-state index contributed by atoms with van der Waals surface area (Å²) in [5.74, 6) is -1.37. The summed E-state index contributed by atoms with van der Waals surface area (Å²) in [4.78, 5) is 20.6. The van der Waals surface area contributed by atoms with Crippen LogP contribution in [0.2, 0.25) is 0 Å². The van der Waals surface area contributed by atoms with E-state index < -0.39 is 16.9 Å².